The van der Waals surface area contributed by atoms with Crippen molar-refractivity contribution < 1.29 is 9.90 Å². The summed E-state index contributed by atoms with van der Waals surface area (Å²) in [6, 6.07) is 6.62. The molecule has 17 heavy (non-hydrogen) atoms. The van der Waals surface area contributed by atoms with E-state index in [2.05, 4.69) is 26.3 Å². The second kappa shape index (κ2) is 4.58. The molecule has 1 aromatic carbocycles. The first-order valence-electron chi connectivity index (χ1n) is 4.86. The van der Waals surface area contributed by atoms with Gasteiger partial charge < -0.3 is 10.4 Å². The zero-order valence-electron chi connectivity index (χ0n) is 9.01. The Balaban J connectivity index is 2.25. The highest BCUT2D eigenvalue weighted by Gasteiger charge is 2.07. The predicted octanol–water partition coefficient (Wildman–Crippen LogP) is 2.62. The normalized spacial score (nSPS) is 10.2. The molecular weight excluding hydrogens is 286 g/mol. The van der Waals surface area contributed by atoms with Gasteiger partial charge in [0.1, 0.15) is 0 Å². The molecule has 2 aromatic rings. The number of hydrogen-bond acceptors (Lipinski definition) is 3. The Hall–Kier alpha value is -1.82. The van der Waals surface area contributed by atoms with Crippen LogP contribution in [0.15, 0.2) is 34.9 Å². The van der Waals surface area contributed by atoms with Crippen molar-refractivity contribution in [3.63, 3.8) is 0 Å². The zero-order valence-corrected chi connectivity index (χ0v) is 10.6. The summed E-state index contributed by atoms with van der Waals surface area (Å²) >= 11 is 3.32. The van der Waals surface area contributed by atoms with Gasteiger partial charge in [0.05, 0.1) is 11.3 Å². The summed E-state index contributed by atoms with van der Waals surface area (Å²) in [5.41, 5.74) is 1.01. The minimum absolute atomic E-state index is 0.239. The number of aromatic nitrogens is 2. The first-order valence-corrected chi connectivity index (χ1v) is 5.65. The highest BCUT2D eigenvalue weighted by molar-refractivity contribution is 9.10. The van der Waals surface area contributed by atoms with E-state index in [0.717, 1.165) is 5.69 Å². The standard InChI is InChI=1S/C11H10BrN3O2/c1-15-5-4-10(14-15)13-9-3-2-7(11(16)17)6-8(9)12/h2-6H,1H3,(H,13,14)(H,16,17). The highest BCUT2D eigenvalue weighted by Crippen LogP contribution is 2.26. The number of halogens is 1. The largest absolute Gasteiger partial charge is 0.478 e. The van der Waals surface area contributed by atoms with E-state index in [1.165, 1.54) is 0 Å². The molecule has 0 bridgehead atoms. The van der Waals surface area contributed by atoms with Gasteiger partial charge in [0.2, 0.25) is 0 Å². The van der Waals surface area contributed by atoms with Gasteiger partial charge in [-0.2, -0.15) is 5.10 Å². The molecule has 88 valence electrons. The fourth-order valence-corrected chi connectivity index (χ4v) is 1.85. The first kappa shape index (κ1) is 11.7. The van der Waals surface area contributed by atoms with Gasteiger partial charge in [-0.15, -0.1) is 0 Å². The van der Waals surface area contributed by atoms with Crippen LogP contribution in [0, 0.1) is 0 Å². The maximum Gasteiger partial charge on any atom is 0.335 e. The number of nitrogens with one attached hydrogen (secondary N) is 1. The molecule has 0 saturated heterocycles. The number of aryl methyl sites for hydroxylation is 1. The van der Waals surface area contributed by atoms with E-state index in [-0.39, 0.29) is 5.56 Å². The summed E-state index contributed by atoms with van der Waals surface area (Å²) in [5, 5.41) is 16.1. The summed E-state index contributed by atoms with van der Waals surface area (Å²) in [4.78, 5) is 10.8. The van der Waals surface area contributed by atoms with Gasteiger partial charge in [-0.1, -0.05) is 0 Å². The van der Waals surface area contributed by atoms with Crippen LogP contribution in [0.4, 0.5) is 11.5 Å². The Morgan fingerprint density at radius 2 is 2.24 bits per heavy atom. The minimum atomic E-state index is -0.949. The Kier molecular flexibility index (Phi) is 3.14. The van der Waals surface area contributed by atoms with Crippen LogP contribution in [0.2, 0.25) is 0 Å². The van der Waals surface area contributed by atoms with E-state index in [4.69, 9.17) is 5.11 Å². The summed E-state index contributed by atoms with van der Waals surface area (Å²) < 4.78 is 2.37. The molecule has 6 heteroatoms. The number of anilines is 2. The van der Waals surface area contributed by atoms with Crippen LogP contribution in [0.3, 0.4) is 0 Å². The third kappa shape index (κ3) is 2.65. The van der Waals surface area contributed by atoms with Gasteiger partial charge in [-0.3, -0.25) is 4.68 Å². The van der Waals surface area contributed by atoms with Crippen molar-refractivity contribution in [3.05, 3.63) is 40.5 Å². The molecule has 1 aromatic heterocycles. The van der Waals surface area contributed by atoms with Crippen LogP contribution >= 0.6 is 15.9 Å². The highest BCUT2D eigenvalue weighted by atomic mass is 79.9. The number of nitrogens with zero attached hydrogens (tertiary/aromatic N) is 2. The number of carboxylic acid groups (broad SMARTS) is 1. The van der Waals surface area contributed by atoms with Crippen molar-refractivity contribution >= 4 is 33.4 Å². The van der Waals surface area contributed by atoms with Crippen LogP contribution in [-0.2, 0) is 7.05 Å². The van der Waals surface area contributed by atoms with Crippen molar-refractivity contribution in [1.29, 1.82) is 0 Å². The van der Waals surface area contributed by atoms with Crippen LogP contribution in [0.25, 0.3) is 0 Å². The lowest BCUT2D eigenvalue weighted by atomic mass is 10.2. The van der Waals surface area contributed by atoms with Crippen molar-refractivity contribution in [2.24, 2.45) is 7.05 Å². The predicted molar refractivity (Wildman–Crippen MR) is 67.6 cm³/mol. The van der Waals surface area contributed by atoms with E-state index in [9.17, 15) is 4.79 Å². The van der Waals surface area contributed by atoms with Gasteiger partial charge in [-0.25, -0.2) is 4.79 Å². The second-order valence-electron chi connectivity index (χ2n) is 3.50. The maximum absolute atomic E-state index is 10.8. The number of rotatable bonds is 3. The minimum Gasteiger partial charge on any atom is -0.478 e. The molecule has 0 aliphatic carbocycles. The summed E-state index contributed by atoms with van der Waals surface area (Å²) in [6.07, 6.45) is 1.82. The lowest BCUT2D eigenvalue weighted by Crippen LogP contribution is -1.98. The molecule has 0 amide bonds. The van der Waals surface area contributed by atoms with E-state index in [0.29, 0.717) is 10.3 Å². The van der Waals surface area contributed by atoms with E-state index in [1.54, 1.807) is 22.9 Å². The molecule has 0 radical (unpaired) electrons. The average molecular weight is 296 g/mol. The molecule has 5 nitrogen and oxygen atoms in total. The third-order valence-corrected chi connectivity index (χ3v) is 2.85. The van der Waals surface area contributed by atoms with Crippen molar-refractivity contribution in [3.8, 4) is 0 Å². The molecule has 0 spiro atoms. The number of hydrogen-bond donors (Lipinski definition) is 2. The van der Waals surface area contributed by atoms with Crippen LogP contribution in [0.1, 0.15) is 10.4 Å². The third-order valence-electron chi connectivity index (χ3n) is 2.19. The van der Waals surface area contributed by atoms with Crippen LogP contribution < -0.4 is 5.32 Å². The number of benzene rings is 1. The number of carboxylic acids is 1. The molecule has 0 atom stereocenters. The number of carbonyl (C=O) groups is 1. The van der Waals surface area contributed by atoms with E-state index < -0.39 is 5.97 Å². The summed E-state index contributed by atoms with van der Waals surface area (Å²) in [6.45, 7) is 0. The van der Waals surface area contributed by atoms with Crippen LogP contribution in [0.5, 0.6) is 0 Å². The fourth-order valence-electron chi connectivity index (χ4n) is 1.37. The second-order valence-corrected chi connectivity index (χ2v) is 4.35. The monoisotopic (exact) mass is 295 g/mol. The molecular formula is C11H10BrN3O2. The Bertz CT molecular complexity index is 566. The molecule has 0 fully saturated rings. The first-order chi connectivity index (χ1) is 8.06. The molecule has 0 saturated carbocycles. The SMILES string of the molecule is Cn1ccc(Nc2ccc(C(=O)O)cc2Br)n1. The van der Waals surface area contributed by atoms with Crippen molar-refractivity contribution in [1.82, 2.24) is 9.78 Å². The average Bonchev–Trinajstić information content (AvgIpc) is 2.67. The zero-order chi connectivity index (χ0) is 12.4. The fraction of sp³-hybridized carbons (Fsp3) is 0.0909. The van der Waals surface area contributed by atoms with E-state index >= 15 is 0 Å². The molecule has 1 heterocycles. The summed E-state index contributed by atoms with van der Waals surface area (Å²) in [7, 11) is 1.83. The molecule has 0 aliphatic rings. The Morgan fingerprint density at radius 1 is 1.47 bits per heavy atom. The maximum atomic E-state index is 10.8. The van der Waals surface area contributed by atoms with Gasteiger partial charge in [0.15, 0.2) is 5.82 Å². The van der Waals surface area contributed by atoms with Gasteiger partial charge in [0.25, 0.3) is 0 Å². The van der Waals surface area contributed by atoms with Crippen molar-refractivity contribution in [2.75, 3.05) is 5.32 Å². The van der Waals surface area contributed by atoms with E-state index in [1.807, 2.05) is 19.3 Å². The number of aromatic carboxylic acids is 1. The topological polar surface area (TPSA) is 67.2 Å². The lowest BCUT2D eigenvalue weighted by molar-refractivity contribution is 0.0697. The van der Waals surface area contributed by atoms with Crippen molar-refractivity contribution in [2.45, 2.75) is 0 Å². The van der Waals surface area contributed by atoms with Gasteiger partial charge in [0, 0.05) is 23.8 Å². The Morgan fingerprint density at radius 3 is 2.76 bits per heavy atom. The Labute approximate surface area is 106 Å². The molecule has 0 unspecified atom stereocenters. The molecule has 2 rings (SSSR count). The smallest absolute Gasteiger partial charge is 0.335 e. The molecule has 0 aliphatic heterocycles. The van der Waals surface area contributed by atoms with Crippen LogP contribution in [-0.4, -0.2) is 20.9 Å². The molecule has 2 N–H and O–H groups in total. The lowest BCUT2D eigenvalue weighted by Gasteiger charge is -2.06. The van der Waals surface area contributed by atoms with Gasteiger partial charge in [-0.05, 0) is 34.1 Å². The quantitative estimate of drug-likeness (QED) is 0.913. The van der Waals surface area contributed by atoms with Gasteiger partial charge >= 0.3 is 5.97 Å². The summed E-state index contributed by atoms with van der Waals surface area (Å²) in [5.74, 6) is -0.244.